The van der Waals surface area contributed by atoms with Crippen LogP contribution in [0, 0.1) is 6.92 Å². The molecule has 0 fully saturated rings. The van der Waals surface area contributed by atoms with Gasteiger partial charge in [-0.2, -0.15) is 0 Å². The molecule has 1 heterocycles. The van der Waals surface area contributed by atoms with Gasteiger partial charge in [0.1, 0.15) is 5.75 Å². The summed E-state index contributed by atoms with van der Waals surface area (Å²) in [6.07, 6.45) is 6.19. The standard InChI is InChI=1S/C40H36N2O4/c1-4-36(43)41-29-16-12-27(13-17-29)40(28-14-18-30(19-15-28)42-39(44)45-5-2)23-22-34-32-21-11-26-8-6-7-9-31(26)37(32)33-20-10-25(3)24-35(33)38(34)46-40/h6-10,12-20,22-24H,4-5,11,21H2,1-3H3,(H,41,43)(H,42,44). The van der Waals surface area contributed by atoms with E-state index in [1.54, 1.807) is 6.92 Å². The lowest BCUT2D eigenvalue weighted by atomic mass is 9.77. The second-order valence-corrected chi connectivity index (χ2v) is 11.9. The van der Waals surface area contributed by atoms with Crippen LogP contribution in [-0.2, 0) is 28.0 Å². The topological polar surface area (TPSA) is 76.7 Å². The summed E-state index contributed by atoms with van der Waals surface area (Å²) in [6.45, 7) is 6.02. The summed E-state index contributed by atoms with van der Waals surface area (Å²) in [5, 5.41) is 7.99. The minimum Gasteiger partial charge on any atom is -0.472 e. The van der Waals surface area contributed by atoms with Gasteiger partial charge in [0, 0.05) is 39.9 Å². The first-order valence-electron chi connectivity index (χ1n) is 15.9. The van der Waals surface area contributed by atoms with E-state index < -0.39 is 11.7 Å². The molecule has 0 saturated heterocycles. The molecule has 0 spiro atoms. The van der Waals surface area contributed by atoms with Crippen LogP contribution >= 0.6 is 0 Å². The van der Waals surface area contributed by atoms with Gasteiger partial charge < -0.3 is 14.8 Å². The Kier molecular flexibility index (Phi) is 7.57. The van der Waals surface area contributed by atoms with Gasteiger partial charge in [0.15, 0.2) is 5.60 Å². The van der Waals surface area contributed by atoms with Gasteiger partial charge in [-0.05, 0) is 90.7 Å². The van der Waals surface area contributed by atoms with Crippen LogP contribution < -0.4 is 15.4 Å². The van der Waals surface area contributed by atoms with E-state index in [-0.39, 0.29) is 5.91 Å². The Bertz CT molecular complexity index is 2010. The molecule has 6 heteroatoms. The van der Waals surface area contributed by atoms with Gasteiger partial charge in [-0.15, -0.1) is 0 Å². The quantitative estimate of drug-likeness (QED) is 0.202. The third kappa shape index (κ3) is 5.10. The number of carbonyl (C=O) groups excluding carboxylic acids is 2. The molecule has 0 aromatic heterocycles. The predicted molar refractivity (Wildman–Crippen MR) is 184 cm³/mol. The average Bonchev–Trinajstić information content (AvgIpc) is 3.08. The highest BCUT2D eigenvalue weighted by molar-refractivity contribution is 6.06. The molecular weight excluding hydrogens is 572 g/mol. The van der Waals surface area contributed by atoms with Crippen molar-refractivity contribution in [3.8, 4) is 16.9 Å². The van der Waals surface area contributed by atoms with E-state index in [0.717, 1.165) is 51.9 Å². The summed E-state index contributed by atoms with van der Waals surface area (Å²) in [5.41, 5.74) is 9.75. The van der Waals surface area contributed by atoms with Crippen molar-refractivity contribution in [1.82, 2.24) is 0 Å². The Hall–Kier alpha value is -5.36. The van der Waals surface area contributed by atoms with E-state index in [1.807, 2.05) is 55.5 Å². The Labute approximate surface area is 269 Å². The third-order valence-electron chi connectivity index (χ3n) is 8.99. The van der Waals surface area contributed by atoms with Crippen LogP contribution in [-0.4, -0.2) is 18.6 Å². The van der Waals surface area contributed by atoms with Crippen LogP contribution in [0.2, 0.25) is 0 Å². The molecule has 2 N–H and O–H groups in total. The fourth-order valence-electron chi connectivity index (χ4n) is 6.75. The Morgan fingerprint density at radius 2 is 1.52 bits per heavy atom. The number of hydrogen-bond donors (Lipinski definition) is 2. The molecule has 5 aromatic carbocycles. The molecule has 2 amide bonds. The van der Waals surface area contributed by atoms with E-state index >= 15 is 0 Å². The SMILES string of the molecule is CCOC(=O)Nc1ccc(C2(c3ccc(NC(=O)CC)cc3)C=Cc3c4c(c5ccc(C)cc5c3O2)-c2ccccc2CC4)cc1. The summed E-state index contributed by atoms with van der Waals surface area (Å²) < 4.78 is 12.4. The van der Waals surface area contributed by atoms with Crippen LogP contribution in [0.4, 0.5) is 16.2 Å². The largest absolute Gasteiger partial charge is 0.472 e. The first kappa shape index (κ1) is 29.4. The molecule has 0 saturated carbocycles. The minimum atomic E-state index is -0.972. The Morgan fingerprint density at radius 3 is 2.22 bits per heavy atom. The molecule has 0 radical (unpaired) electrons. The molecule has 5 aromatic rings. The van der Waals surface area contributed by atoms with Gasteiger partial charge in [-0.3, -0.25) is 10.1 Å². The van der Waals surface area contributed by atoms with Gasteiger partial charge in [0.05, 0.1) is 6.61 Å². The second-order valence-electron chi connectivity index (χ2n) is 11.9. The smallest absolute Gasteiger partial charge is 0.411 e. The number of amides is 2. The number of fused-ring (bicyclic) bond motifs is 8. The van der Waals surface area contributed by atoms with Crippen molar-refractivity contribution in [1.29, 1.82) is 0 Å². The molecule has 0 bridgehead atoms. The highest BCUT2D eigenvalue weighted by Gasteiger charge is 2.39. The van der Waals surface area contributed by atoms with E-state index in [0.29, 0.717) is 18.7 Å². The summed E-state index contributed by atoms with van der Waals surface area (Å²) in [6, 6.07) is 30.9. The first-order valence-corrected chi connectivity index (χ1v) is 15.9. The van der Waals surface area contributed by atoms with Gasteiger partial charge in [-0.25, -0.2) is 4.79 Å². The van der Waals surface area contributed by atoms with Crippen molar-refractivity contribution in [2.75, 3.05) is 17.2 Å². The van der Waals surface area contributed by atoms with Crippen LogP contribution in [0.15, 0.2) is 97.1 Å². The molecule has 1 atom stereocenters. The predicted octanol–water partition coefficient (Wildman–Crippen LogP) is 9.18. The van der Waals surface area contributed by atoms with Gasteiger partial charge >= 0.3 is 6.09 Å². The fraction of sp³-hybridized carbons (Fsp3) is 0.200. The number of rotatable bonds is 6. The normalized spacial score (nSPS) is 16.1. The third-order valence-corrected chi connectivity index (χ3v) is 8.99. The zero-order valence-electron chi connectivity index (χ0n) is 26.3. The van der Waals surface area contributed by atoms with Gasteiger partial charge in [0.25, 0.3) is 0 Å². The lowest BCUT2D eigenvalue weighted by Gasteiger charge is -2.38. The maximum Gasteiger partial charge on any atom is 0.411 e. The van der Waals surface area contributed by atoms with Gasteiger partial charge in [0.2, 0.25) is 5.91 Å². The van der Waals surface area contributed by atoms with Crippen LogP contribution in [0.5, 0.6) is 5.75 Å². The first-order chi connectivity index (χ1) is 22.4. The fourth-order valence-corrected chi connectivity index (χ4v) is 6.75. The molecule has 7 rings (SSSR count). The van der Waals surface area contributed by atoms with Crippen molar-refractivity contribution in [3.63, 3.8) is 0 Å². The molecule has 1 aliphatic heterocycles. The monoisotopic (exact) mass is 608 g/mol. The van der Waals surface area contributed by atoms with Crippen LogP contribution in [0.3, 0.4) is 0 Å². The lowest BCUT2D eigenvalue weighted by Crippen LogP contribution is -2.34. The Morgan fingerprint density at radius 1 is 0.826 bits per heavy atom. The number of hydrogen-bond acceptors (Lipinski definition) is 4. The number of carbonyl (C=O) groups is 2. The second kappa shape index (κ2) is 11.9. The number of nitrogens with one attached hydrogen (secondary N) is 2. The van der Waals surface area contributed by atoms with E-state index in [9.17, 15) is 9.59 Å². The number of ether oxygens (including phenoxy) is 2. The molecule has 1 unspecified atom stereocenters. The summed E-state index contributed by atoms with van der Waals surface area (Å²) in [4.78, 5) is 24.2. The summed E-state index contributed by atoms with van der Waals surface area (Å²) in [7, 11) is 0. The molecule has 230 valence electrons. The van der Waals surface area contributed by atoms with E-state index in [4.69, 9.17) is 9.47 Å². The summed E-state index contributed by atoms with van der Waals surface area (Å²) in [5.74, 6) is 0.819. The minimum absolute atomic E-state index is 0.0388. The van der Waals surface area contributed by atoms with Crippen molar-refractivity contribution in [2.24, 2.45) is 0 Å². The molecular formula is C40H36N2O4. The highest BCUT2D eigenvalue weighted by Crippen LogP contribution is 2.51. The molecule has 6 nitrogen and oxygen atoms in total. The van der Waals surface area contributed by atoms with Crippen molar-refractivity contribution in [2.45, 2.75) is 45.6 Å². The zero-order chi connectivity index (χ0) is 31.8. The molecule has 46 heavy (non-hydrogen) atoms. The molecule has 1 aliphatic carbocycles. The average molecular weight is 609 g/mol. The zero-order valence-corrected chi connectivity index (χ0v) is 26.3. The maximum atomic E-state index is 12.1. The number of aryl methyl sites for hydroxylation is 2. The van der Waals surface area contributed by atoms with Crippen LogP contribution in [0.1, 0.15) is 53.6 Å². The lowest BCUT2D eigenvalue weighted by molar-refractivity contribution is -0.115. The maximum absolute atomic E-state index is 12.1. The molecule has 2 aliphatic rings. The van der Waals surface area contributed by atoms with E-state index in [1.165, 1.54) is 27.6 Å². The van der Waals surface area contributed by atoms with Crippen molar-refractivity contribution in [3.05, 3.63) is 130 Å². The Balaban J connectivity index is 1.40. The van der Waals surface area contributed by atoms with Crippen molar-refractivity contribution >= 4 is 40.2 Å². The van der Waals surface area contributed by atoms with Crippen molar-refractivity contribution < 1.29 is 19.1 Å². The van der Waals surface area contributed by atoms with E-state index in [2.05, 4.69) is 72.2 Å². The van der Waals surface area contributed by atoms with Crippen LogP contribution in [0.25, 0.3) is 28.0 Å². The summed E-state index contributed by atoms with van der Waals surface area (Å²) >= 11 is 0. The number of anilines is 2. The highest BCUT2D eigenvalue weighted by atomic mass is 16.5. The number of benzene rings is 5. The van der Waals surface area contributed by atoms with Gasteiger partial charge in [-0.1, -0.05) is 79.2 Å².